The highest BCUT2D eigenvalue weighted by Gasteiger charge is 2.48. The van der Waals surface area contributed by atoms with Crippen molar-refractivity contribution in [2.24, 2.45) is 5.92 Å². The average molecular weight is 228 g/mol. The molecule has 16 heavy (non-hydrogen) atoms. The fraction of sp³-hybridized carbons (Fsp3) is 0.923. The lowest BCUT2D eigenvalue weighted by atomic mass is 10.0. The maximum absolute atomic E-state index is 11.1. The first-order valence-electron chi connectivity index (χ1n) is 6.48. The van der Waals surface area contributed by atoms with E-state index in [0.29, 0.717) is 6.61 Å². The number of carboxylic acid groups (broad SMARTS) is 1. The summed E-state index contributed by atoms with van der Waals surface area (Å²) in [5, 5.41) is 9.16. The fourth-order valence-corrected chi connectivity index (χ4v) is 1.98. The van der Waals surface area contributed by atoms with Crippen molar-refractivity contribution in [3.8, 4) is 0 Å². The summed E-state index contributed by atoms with van der Waals surface area (Å²) in [6, 6.07) is 0. The Kier molecular flexibility index (Phi) is 5.26. The van der Waals surface area contributed by atoms with Gasteiger partial charge in [0, 0.05) is 6.61 Å². The van der Waals surface area contributed by atoms with Crippen molar-refractivity contribution in [3.63, 3.8) is 0 Å². The monoisotopic (exact) mass is 228 g/mol. The molecule has 3 heteroatoms. The van der Waals surface area contributed by atoms with Crippen LogP contribution < -0.4 is 0 Å². The van der Waals surface area contributed by atoms with Crippen LogP contribution >= 0.6 is 0 Å². The van der Waals surface area contributed by atoms with Crippen molar-refractivity contribution in [2.75, 3.05) is 6.61 Å². The van der Waals surface area contributed by atoms with Crippen LogP contribution in [-0.2, 0) is 9.53 Å². The van der Waals surface area contributed by atoms with Crippen LogP contribution in [0.3, 0.4) is 0 Å². The zero-order valence-corrected chi connectivity index (χ0v) is 10.5. The van der Waals surface area contributed by atoms with Gasteiger partial charge in [0.2, 0.25) is 0 Å². The Morgan fingerprint density at radius 1 is 1.31 bits per heavy atom. The van der Waals surface area contributed by atoms with E-state index in [9.17, 15) is 4.79 Å². The Morgan fingerprint density at radius 3 is 2.44 bits per heavy atom. The Hall–Kier alpha value is -0.570. The molecule has 0 spiro atoms. The van der Waals surface area contributed by atoms with Crippen LogP contribution in [0.15, 0.2) is 0 Å². The van der Waals surface area contributed by atoms with Crippen molar-refractivity contribution in [3.05, 3.63) is 0 Å². The number of hydrogen-bond acceptors (Lipinski definition) is 2. The van der Waals surface area contributed by atoms with E-state index in [4.69, 9.17) is 9.84 Å². The van der Waals surface area contributed by atoms with Crippen molar-refractivity contribution in [1.82, 2.24) is 0 Å². The van der Waals surface area contributed by atoms with Crippen molar-refractivity contribution < 1.29 is 14.6 Å². The maximum atomic E-state index is 11.1. The van der Waals surface area contributed by atoms with Gasteiger partial charge in [0.15, 0.2) is 5.60 Å². The first-order valence-corrected chi connectivity index (χ1v) is 6.48. The molecule has 0 aliphatic heterocycles. The minimum Gasteiger partial charge on any atom is -0.479 e. The van der Waals surface area contributed by atoms with Gasteiger partial charge in [-0.3, -0.25) is 0 Å². The molecule has 1 aliphatic carbocycles. The SMILES string of the molecule is CCCCCCCOC(C)(C(=O)O)C1CC1. The number of aliphatic carboxylic acids is 1. The van der Waals surface area contributed by atoms with E-state index in [1.54, 1.807) is 6.92 Å². The molecule has 1 atom stereocenters. The summed E-state index contributed by atoms with van der Waals surface area (Å²) in [5.74, 6) is -0.566. The van der Waals surface area contributed by atoms with Crippen LogP contribution in [0.1, 0.15) is 58.8 Å². The molecule has 1 saturated carbocycles. The predicted octanol–water partition coefficient (Wildman–Crippen LogP) is 3.23. The molecule has 1 fully saturated rings. The fourth-order valence-electron chi connectivity index (χ4n) is 1.98. The molecule has 3 nitrogen and oxygen atoms in total. The van der Waals surface area contributed by atoms with Gasteiger partial charge in [-0.1, -0.05) is 32.6 Å². The third kappa shape index (κ3) is 3.78. The molecule has 0 aromatic carbocycles. The molecule has 0 aromatic heterocycles. The minimum atomic E-state index is -0.926. The first-order chi connectivity index (χ1) is 7.61. The molecule has 0 amide bonds. The molecule has 0 saturated heterocycles. The molecule has 0 bridgehead atoms. The molecular formula is C13H24O3. The Labute approximate surface area is 98.2 Å². The number of carbonyl (C=O) groups is 1. The maximum Gasteiger partial charge on any atom is 0.335 e. The number of hydrogen-bond donors (Lipinski definition) is 1. The van der Waals surface area contributed by atoms with E-state index in [1.807, 2.05) is 0 Å². The summed E-state index contributed by atoms with van der Waals surface area (Å²) in [6.45, 7) is 4.49. The average Bonchev–Trinajstić information content (AvgIpc) is 3.06. The number of rotatable bonds is 9. The quantitative estimate of drug-likeness (QED) is 0.616. The smallest absolute Gasteiger partial charge is 0.335 e. The third-order valence-electron chi connectivity index (χ3n) is 3.43. The summed E-state index contributed by atoms with van der Waals surface area (Å²) in [5.41, 5.74) is -0.926. The zero-order chi connectivity index (χ0) is 12.0. The van der Waals surface area contributed by atoms with Crippen LogP contribution in [0.5, 0.6) is 0 Å². The Balaban J connectivity index is 2.16. The Morgan fingerprint density at radius 2 is 1.94 bits per heavy atom. The van der Waals surface area contributed by atoms with E-state index in [0.717, 1.165) is 25.7 Å². The van der Waals surface area contributed by atoms with E-state index >= 15 is 0 Å². The van der Waals surface area contributed by atoms with Gasteiger partial charge in [-0.05, 0) is 32.1 Å². The van der Waals surface area contributed by atoms with Gasteiger partial charge in [-0.25, -0.2) is 4.79 Å². The molecular weight excluding hydrogens is 204 g/mol. The highest BCUT2D eigenvalue weighted by molar-refractivity contribution is 5.77. The van der Waals surface area contributed by atoms with Gasteiger partial charge in [0.25, 0.3) is 0 Å². The molecule has 1 N–H and O–H groups in total. The number of ether oxygens (including phenoxy) is 1. The molecule has 1 aliphatic rings. The highest BCUT2D eigenvalue weighted by Crippen LogP contribution is 2.42. The van der Waals surface area contributed by atoms with Crippen LogP contribution in [0, 0.1) is 5.92 Å². The van der Waals surface area contributed by atoms with Gasteiger partial charge in [0.05, 0.1) is 0 Å². The number of unbranched alkanes of at least 4 members (excludes halogenated alkanes) is 4. The zero-order valence-electron chi connectivity index (χ0n) is 10.5. The lowest BCUT2D eigenvalue weighted by Crippen LogP contribution is -2.41. The second-order valence-corrected chi connectivity index (χ2v) is 4.95. The van der Waals surface area contributed by atoms with Gasteiger partial charge >= 0.3 is 5.97 Å². The lowest BCUT2D eigenvalue weighted by molar-refractivity contribution is -0.166. The summed E-state index contributed by atoms with van der Waals surface area (Å²) >= 11 is 0. The van der Waals surface area contributed by atoms with Gasteiger partial charge in [-0.2, -0.15) is 0 Å². The second-order valence-electron chi connectivity index (χ2n) is 4.95. The van der Waals surface area contributed by atoms with Crippen molar-refractivity contribution >= 4 is 5.97 Å². The Bertz CT molecular complexity index is 223. The van der Waals surface area contributed by atoms with Crippen molar-refractivity contribution in [1.29, 1.82) is 0 Å². The van der Waals surface area contributed by atoms with Crippen LogP contribution in [-0.4, -0.2) is 23.3 Å². The number of carboxylic acids is 1. The van der Waals surface area contributed by atoms with Gasteiger partial charge in [-0.15, -0.1) is 0 Å². The normalized spacial score (nSPS) is 19.4. The molecule has 0 aromatic rings. The van der Waals surface area contributed by atoms with Crippen LogP contribution in [0.4, 0.5) is 0 Å². The first kappa shape index (κ1) is 13.5. The molecule has 94 valence electrons. The van der Waals surface area contributed by atoms with Crippen molar-refractivity contribution in [2.45, 2.75) is 64.4 Å². The van der Waals surface area contributed by atoms with E-state index in [1.165, 1.54) is 19.3 Å². The topological polar surface area (TPSA) is 46.5 Å². The lowest BCUT2D eigenvalue weighted by Gasteiger charge is -2.25. The molecule has 1 rings (SSSR count). The summed E-state index contributed by atoms with van der Waals surface area (Å²) in [4.78, 5) is 11.1. The second kappa shape index (κ2) is 6.24. The summed E-state index contributed by atoms with van der Waals surface area (Å²) in [7, 11) is 0. The summed E-state index contributed by atoms with van der Waals surface area (Å²) in [6.07, 6.45) is 7.85. The standard InChI is InChI=1S/C13H24O3/c1-3-4-5-6-7-10-16-13(2,12(14)15)11-8-9-11/h11H,3-10H2,1-2H3,(H,14,15). The van der Waals surface area contributed by atoms with Crippen LogP contribution in [0.2, 0.25) is 0 Å². The van der Waals surface area contributed by atoms with Gasteiger partial charge in [0.1, 0.15) is 0 Å². The molecule has 0 radical (unpaired) electrons. The minimum absolute atomic E-state index is 0.237. The van der Waals surface area contributed by atoms with E-state index < -0.39 is 11.6 Å². The van der Waals surface area contributed by atoms with E-state index in [2.05, 4.69) is 6.92 Å². The molecule has 0 heterocycles. The van der Waals surface area contributed by atoms with E-state index in [-0.39, 0.29) is 5.92 Å². The highest BCUT2D eigenvalue weighted by atomic mass is 16.5. The van der Waals surface area contributed by atoms with Gasteiger partial charge < -0.3 is 9.84 Å². The largest absolute Gasteiger partial charge is 0.479 e. The van der Waals surface area contributed by atoms with Crippen LogP contribution in [0.25, 0.3) is 0 Å². The summed E-state index contributed by atoms with van der Waals surface area (Å²) < 4.78 is 5.60. The molecule has 1 unspecified atom stereocenters. The third-order valence-corrected chi connectivity index (χ3v) is 3.43. The predicted molar refractivity (Wildman–Crippen MR) is 63.5 cm³/mol.